The SMILES string of the molecule is CC(=O)O.CCCCCCCCCCCC(C)(C)N. The Morgan fingerprint density at radius 1 is 0.947 bits per heavy atom. The summed E-state index contributed by atoms with van der Waals surface area (Å²) in [4.78, 5) is 9.00. The van der Waals surface area contributed by atoms with E-state index in [9.17, 15) is 0 Å². The van der Waals surface area contributed by atoms with Crippen LogP contribution in [-0.4, -0.2) is 16.6 Å². The third kappa shape index (κ3) is 31.8. The Bertz CT molecular complexity index is 193. The van der Waals surface area contributed by atoms with E-state index >= 15 is 0 Å². The first-order valence-corrected chi connectivity index (χ1v) is 7.78. The van der Waals surface area contributed by atoms with Gasteiger partial charge in [-0.2, -0.15) is 0 Å². The van der Waals surface area contributed by atoms with Crippen LogP contribution in [0.3, 0.4) is 0 Å². The van der Waals surface area contributed by atoms with E-state index in [1.807, 2.05) is 0 Å². The molecule has 0 aliphatic carbocycles. The Hall–Kier alpha value is -0.570. The minimum Gasteiger partial charge on any atom is -0.481 e. The molecule has 0 heterocycles. The van der Waals surface area contributed by atoms with Crippen LogP contribution in [0.25, 0.3) is 0 Å². The van der Waals surface area contributed by atoms with Crippen LogP contribution in [-0.2, 0) is 4.79 Å². The molecule has 0 bridgehead atoms. The van der Waals surface area contributed by atoms with Gasteiger partial charge in [-0.1, -0.05) is 64.7 Å². The Morgan fingerprint density at radius 2 is 1.26 bits per heavy atom. The molecule has 0 atom stereocenters. The summed E-state index contributed by atoms with van der Waals surface area (Å²) in [6, 6.07) is 0. The van der Waals surface area contributed by atoms with Crippen LogP contribution in [0.1, 0.15) is 91.9 Å². The highest BCUT2D eigenvalue weighted by Gasteiger charge is 2.08. The second-order valence-corrected chi connectivity index (χ2v) is 6.09. The molecule has 0 aliphatic rings. The zero-order valence-electron chi connectivity index (χ0n) is 13.5. The van der Waals surface area contributed by atoms with Gasteiger partial charge in [0, 0.05) is 12.5 Å². The third-order valence-electron chi connectivity index (χ3n) is 2.92. The highest BCUT2D eigenvalue weighted by Crippen LogP contribution is 2.13. The summed E-state index contributed by atoms with van der Waals surface area (Å²) in [5.74, 6) is -0.833. The second-order valence-electron chi connectivity index (χ2n) is 6.09. The average Bonchev–Trinajstić information content (AvgIpc) is 2.24. The molecule has 3 nitrogen and oxygen atoms in total. The van der Waals surface area contributed by atoms with Crippen molar-refractivity contribution < 1.29 is 9.90 Å². The number of unbranched alkanes of at least 4 members (excludes halogenated alkanes) is 8. The Kier molecular flexibility index (Phi) is 15.1. The lowest BCUT2D eigenvalue weighted by Gasteiger charge is -2.17. The summed E-state index contributed by atoms with van der Waals surface area (Å²) < 4.78 is 0. The van der Waals surface area contributed by atoms with Crippen molar-refractivity contribution >= 4 is 5.97 Å². The van der Waals surface area contributed by atoms with Crippen LogP contribution in [0.4, 0.5) is 0 Å². The normalized spacial score (nSPS) is 10.8. The fraction of sp³-hybridized carbons (Fsp3) is 0.938. The first kappa shape index (κ1) is 20.7. The number of aliphatic carboxylic acids is 1. The average molecular weight is 273 g/mol. The molecule has 3 N–H and O–H groups in total. The van der Waals surface area contributed by atoms with Crippen molar-refractivity contribution in [1.29, 1.82) is 0 Å². The van der Waals surface area contributed by atoms with Gasteiger partial charge in [0.25, 0.3) is 5.97 Å². The number of carboxylic acid groups (broad SMARTS) is 1. The summed E-state index contributed by atoms with van der Waals surface area (Å²) in [7, 11) is 0. The van der Waals surface area contributed by atoms with Crippen LogP contribution in [0.5, 0.6) is 0 Å². The van der Waals surface area contributed by atoms with Crippen molar-refractivity contribution in [1.82, 2.24) is 0 Å². The lowest BCUT2D eigenvalue weighted by atomic mass is 9.97. The maximum absolute atomic E-state index is 9.00. The first-order valence-electron chi connectivity index (χ1n) is 7.78. The first-order chi connectivity index (χ1) is 8.79. The van der Waals surface area contributed by atoms with E-state index in [0.29, 0.717) is 0 Å². The molecule has 0 aromatic heterocycles. The van der Waals surface area contributed by atoms with Crippen LogP contribution >= 0.6 is 0 Å². The van der Waals surface area contributed by atoms with Gasteiger partial charge in [-0.3, -0.25) is 4.79 Å². The van der Waals surface area contributed by atoms with Crippen LogP contribution in [0.2, 0.25) is 0 Å². The number of nitrogens with two attached hydrogens (primary N) is 1. The van der Waals surface area contributed by atoms with E-state index < -0.39 is 5.97 Å². The highest BCUT2D eigenvalue weighted by molar-refractivity contribution is 5.62. The summed E-state index contributed by atoms with van der Waals surface area (Å²) in [6.07, 6.45) is 13.8. The van der Waals surface area contributed by atoms with Crippen LogP contribution < -0.4 is 5.73 Å². The lowest BCUT2D eigenvalue weighted by molar-refractivity contribution is -0.134. The van der Waals surface area contributed by atoms with Gasteiger partial charge in [0.15, 0.2) is 0 Å². The van der Waals surface area contributed by atoms with Gasteiger partial charge in [-0.05, 0) is 20.3 Å². The molecule has 0 amide bonds. The van der Waals surface area contributed by atoms with Gasteiger partial charge < -0.3 is 10.8 Å². The predicted octanol–water partition coefficient (Wildman–Crippen LogP) is 4.74. The zero-order chi connectivity index (χ0) is 15.1. The van der Waals surface area contributed by atoms with Gasteiger partial charge in [-0.25, -0.2) is 0 Å². The Morgan fingerprint density at radius 3 is 1.58 bits per heavy atom. The highest BCUT2D eigenvalue weighted by atomic mass is 16.4. The Labute approximate surface area is 120 Å². The molecular formula is C16H35NO2. The number of hydrogen-bond acceptors (Lipinski definition) is 2. The molecule has 0 unspecified atom stereocenters. The van der Waals surface area contributed by atoms with E-state index in [0.717, 1.165) is 6.92 Å². The summed E-state index contributed by atoms with van der Waals surface area (Å²) in [5, 5.41) is 7.42. The summed E-state index contributed by atoms with van der Waals surface area (Å²) in [6.45, 7) is 7.60. The molecule has 0 aromatic carbocycles. The smallest absolute Gasteiger partial charge is 0.300 e. The minimum absolute atomic E-state index is 0.0428. The summed E-state index contributed by atoms with van der Waals surface area (Å²) in [5.41, 5.74) is 5.97. The van der Waals surface area contributed by atoms with Gasteiger partial charge >= 0.3 is 0 Å². The molecule has 0 saturated heterocycles. The molecule has 0 rings (SSSR count). The monoisotopic (exact) mass is 273 g/mol. The minimum atomic E-state index is -0.833. The van der Waals surface area contributed by atoms with E-state index in [1.54, 1.807) is 0 Å². The van der Waals surface area contributed by atoms with Crippen LogP contribution in [0.15, 0.2) is 0 Å². The number of hydrogen-bond donors (Lipinski definition) is 2. The zero-order valence-corrected chi connectivity index (χ0v) is 13.5. The fourth-order valence-corrected chi connectivity index (χ4v) is 1.89. The van der Waals surface area contributed by atoms with Crippen molar-refractivity contribution in [3.05, 3.63) is 0 Å². The molecule has 0 fully saturated rings. The van der Waals surface area contributed by atoms with E-state index in [2.05, 4.69) is 20.8 Å². The standard InChI is InChI=1S/C14H31N.C2H4O2/c1-4-5-6-7-8-9-10-11-12-13-14(2,3)15;1-2(3)4/h4-13,15H2,1-3H3;1H3,(H,3,4). The van der Waals surface area contributed by atoms with Crippen molar-refractivity contribution in [3.8, 4) is 0 Å². The quantitative estimate of drug-likeness (QED) is 0.565. The summed E-state index contributed by atoms with van der Waals surface area (Å²) >= 11 is 0. The van der Waals surface area contributed by atoms with Gasteiger partial charge in [0.05, 0.1) is 0 Å². The van der Waals surface area contributed by atoms with Gasteiger partial charge in [0.1, 0.15) is 0 Å². The van der Waals surface area contributed by atoms with Crippen molar-refractivity contribution in [3.63, 3.8) is 0 Å². The van der Waals surface area contributed by atoms with Gasteiger partial charge in [-0.15, -0.1) is 0 Å². The number of rotatable bonds is 10. The van der Waals surface area contributed by atoms with E-state index in [4.69, 9.17) is 15.6 Å². The predicted molar refractivity (Wildman–Crippen MR) is 83.4 cm³/mol. The number of carbonyl (C=O) groups is 1. The molecule has 0 radical (unpaired) electrons. The maximum atomic E-state index is 9.00. The van der Waals surface area contributed by atoms with E-state index in [-0.39, 0.29) is 5.54 Å². The Balaban J connectivity index is 0. The fourth-order valence-electron chi connectivity index (χ4n) is 1.89. The molecule has 0 aromatic rings. The van der Waals surface area contributed by atoms with Crippen LogP contribution in [0, 0.1) is 0 Å². The topological polar surface area (TPSA) is 63.3 Å². The van der Waals surface area contributed by atoms with Crippen molar-refractivity contribution in [2.24, 2.45) is 5.73 Å². The lowest BCUT2D eigenvalue weighted by Crippen LogP contribution is -2.31. The molecule has 19 heavy (non-hydrogen) atoms. The van der Waals surface area contributed by atoms with Gasteiger partial charge in [0.2, 0.25) is 0 Å². The number of carboxylic acids is 1. The molecular weight excluding hydrogens is 238 g/mol. The molecule has 116 valence electrons. The van der Waals surface area contributed by atoms with Crippen molar-refractivity contribution in [2.75, 3.05) is 0 Å². The third-order valence-corrected chi connectivity index (χ3v) is 2.92. The molecule has 0 saturated carbocycles. The molecule has 3 heteroatoms. The second kappa shape index (κ2) is 13.9. The van der Waals surface area contributed by atoms with Crippen molar-refractivity contribution in [2.45, 2.75) is 97.4 Å². The molecule has 0 aliphatic heterocycles. The molecule has 0 spiro atoms. The van der Waals surface area contributed by atoms with E-state index in [1.165, 1.54) is 64.2 Å². The largest absolute Gasteiger partial charge is 0.481 e. The maximum Gasteiger partial charge on any atom is 0.300 e.